The van der Waals surface area contributed by atoms with Crippen LogP contribution in [0, 0.1) is 0 Å². The topological polar surface area (TPSA) is 30.5 Å². The Morgan fingerprint density at radius 2 is 2.11 bits per heavy atom. The molecule has 0 saturated heterocycles. The molecule has 1 aromatic carbocycles. The molecule has 18 heavy (non-hydrogen) atoms. The smallest absolute Gasteiger partial charge is 0.161 e. The Hall–Kier alpha value is -1.48. The highest BCUT2D eigenvalue weighted by Crippen LogP contribution is 2.28. The molecule has 1 N–H and O–H groups in total. The summed E-state index contributed by atoms with van der Waals surface area (Å²) in [5, 5.41) is 3.36. The molecule has 0 saturated carbocycles. The van der Waals surface area contributed by atoms with Gasteiger partial charge in [0.25, 0.3) is 0 Å². The van der Waals surface area contributed by atoms with Gasteiger partial charge >= 0.3 is 0 Å². The summed E-state index contributed by atoms with van der Waals surface area (Å²) in [6.45, 7) is 10.3. The van der Waals surface area contributed by atoms with Crippen LogP contribution in [0.25, 0.3) is 0 Å². The number of hydrogen-bond acceptors (Lipinski definition) is 3. The van der Waals surface area contributed by atoms with Gasteiger partial charge in [-0.3, -0.25) is 0 Å². The number of hydrogen-bond donors (Lipinski definition) is 1. The Morgan fingerprint density at radius 1 is 1.33 bits per heavy atom. The molecule has 0 atom stereocenters. The van der Waals surface area contributed by atoms with Crippen molar-refractivity contribution in [2.45, 2.75) is 26.8 Å². The van der Waals surface area contributed by atoms with E-state index >= 15 is 0 Å². The maximum absolute atomic E-state index is 5.63. The number of ether oxygens (including phenoxy) is 2. The summed E-state index contributed by atoms with van der Waals surface area (Å²) in [6, 6.07) is 6.01. The molecule has 100 valence electrons. The molecule has 1 aromatic rings. The maximum Gasteiger partial charge on any atom is 0.161 e. The van der Waals surface area contributed by atoms with Gasteiger partial charge in [0.15, 0.2) is 11.5 Å². The SMILES string of the molecule is C=C(C)COc1ccc(CNCCC)cc1OC. The quantitative estimate of drug-likeness (QED) is 0.567. The molecule has 3 heteroatoms. The monoisotopic (exact) mass is 249 g/mol. The third kappa shape index (κ3) is 4.80. The minimum atomic E-state index is 0.518. The summed E-state index contributed by atoms with van der Waals surface area (Å²) >= 11 is 0. The van der Waals surface area contributed by atoms with Gasteiger partial charge in [0.05, 0.1) is 7.11 Å². The highest BCUT2D eigenvalue weighted by Gasteiger charge is 2.05. The molecule has 0 radical (unpaired) electrons. The van der Waals surface area contributed by atoms with E-state index in [1.165, 1.54) is 5.56 Å². The highest BCUT2D eigenvalue weighted by atomic mass is 16.5. The van der Waals surface area contributed by atoms with E-state index in [2.05, 4.69) is 24.9 Å². The van der Waals surface area contributed by atoms with E-state index in [9.17, 15) is 0 Å². The average Bonchev–Trinajstić information content (AvgIpc) is 2.37. The molecule has 0 amide bonds. The van der Waals surface area contributed by atoms with Gasteiger partial charge in [-0.25, -0.2) is 0 Å². The molecular weight excluding hydrogens is 226 g/mol. The molecule has 0 aromatic heterocycles. The van der Waals surface area contributed by atoms with Crippen LogP contribution in [0.1, 0.15) is 25.8 Å². The van der Waals surface area contributed by atoms with Crippen LogP contribution in [0.15, 0.2) is 30.4 Å². The van der Waals surface area contributed by atoms with Crippen LogP contribution in [0.3, 0.4) is 0 Å². The fourth-order valence-corrected chi connectivity index (χ4v) is 1.55. The van der Waals surface area contributed by atoms with Gasteiger partial charge in [0, 0.05) is 6.54 Å². The van der Waals surface area contributed by atoms with E-state index in [1.807, 2.05) is 19.1 Å². The third-order valence-electron chi connectivity index (χ3n) is 2.46. The number of methoxy groups -OCH3 is 1. The second-order valence-corrected chi connectivity index (χ2v) is 4.41. The van der Waals surface area contributed by atoms with E-state index < -0.39 is 0 Å². The largest absolute Gasteiger partial charge is 0.493 e. The maximum atomic E-state index is 5.63. The standard InChI is InChI=1S/C15H23NO2/c1-5-8-16-10-13-6-7-14(15(9-13)17-4)18-11-12(2)3/h6-7,9,16H,2,5,8,10-11H2,1,3-4H3. The lowest BCUT2D eigenvalue weighted by Gasteiger charge is -2.12. The molecule has 0 aliphatic heterocycles. The summed E-state index contributed by atoms with van der Waals surface area (Å²) in [5.41, 5.74) is 2.19. The number of rotatable bonds is 8. The van der Waals surface area contributed by atoms with Crippen LogP contribution in [0.5, 0.6) is 11.5 Å². The first kappa shape index (κ1) is 14.6. The predicted molar refractivity (Wildman–Crippen MR) is 75.3 cm³/mol. The Labute approximate surface area is 110 Å². The van der Waals surface area contributed by atoms with E-state index in [0.717, 1.165) is 36.6 Å². The lowest BCUT2D eigenvalue weighted by molar-refractivity contribution is 0.319. The van der Waals surface area contributed by atoms with E-state index in [0.29, 0.717) is 6.61 Å². The van der Waals surface area contributed by atoms with Gasteiger partial charge in [-0.05, 0) is 43.2 Å². The third-order valence-corrected chi connectivity index (χ3v) is 2.46. The van der Waals surface area contributed by atoms with Gasteiger partial charge in [-0.2, -0.15) is 0 Å². The fraction of sp³-hybridized carbons (Fsp3) is 0.467. The molecule has 1 rings (SSSR count). The second-order valence-electron chi connectivity index (χ2n) is 4.41. The minimum Gasteiger partial charge on any atom is -0.493 e. The van der Waals surface area contributed by atoms with Gasteiger partial charge < -0.3 is 14.8 Å². The molecule has 0 bridgehead atoms. The summed E-state index contributed by atoms with van der Waals surface area (Å²) < 4.78 is 11.0. The Kier molecular flexibility index (Phi) is 6.29. The summed E-state index contributed by atoms with van der Waals surface area (Å²) in [7, 11) is 1.66. The van der Waals surface area contributed by atoms with Gasteiger partial charge in [0.2, 0.25) is 0 Å². The lowest BCUT2D eigenvalue weighted by Crippen LogP contribution is -2.13. The highest BCUT2D eigenvalue weighted by molar-refractivity contribution is 5.43. The van der Waals surface area contributed by atoms with Crippen LogP contribution in [-0.2, 0) is 6.54 Å². The molecule has 0 unspecified atom stereocenters. The van der Waals surface area contributed by atoms with Crippen LogP contribution in [0.2, 0.25) is 0 Å². The lowest BCUT2D eigenvalue weighted by atomic mass is 10.2. The van der Waals surface area contributed by atoms with E-state index in [1.54, 1.807) is 7.11 Å². The second kappa shape index (κ2) is 7.77. The van der Waals surface area contributed by atoms with Crippen molar-refractivity contribution in [2.75, 3.05) is 20.3 Å². The zero-order valence-electron chi connectivity index (χ0n) is 11.6. The van der Waals surface area contributed by atoms with Crippen molar-refractivity contribution in [3.8, 4) is 11.5 Å². The first-order valence-corrected chi connectivity index (χ1v) is 6.32. The van der Waals surface area contributed by atoms with Crippen molar-refractivity contribution in [3.05, 3.63) is 35.9 Å². The molecule has 3 nitrogen and oxygen atoms in total. The molecule has 0 aliphatic carbocycles. The Bertz CT molecular complexity index is 388. The van der Waals surface area contributed by atoms with Crippen molar-refractivity contribution in [1.29, 1.82) is 0 Å². The zero-order chi connectivity index (χ0) is 13.4. The Balaban J connectivity index is 2.67. The summed E-state index contributed by atoms with van der Waals surface area (Å²) in [5.74, 6) is 1.53. The van der Waals surface area contributed by atoms with Crippen LogP contribution in [-0.4, -0.2) is 20.3 Å². The molecule has 0 heterocycles. The van der Waals surface area contributed by atoms with Crippen LogP contribution >= 0.6 is 0 Å². The molecule has 0 spiro atoms. The van der Waals surface area contributed by atoms with Crippen molar-refractivity contribution in [3.63, 3.8) is 0 Å². The predicted octanol–water partition coefficient (Wildman–Crippen LogP) is 3.15. The first-order valence-electron chi connectivity index (χ1n) is 6.32. The normalized spacial score (nSPS) is 10.2. The van der Waals surface area contributed by atoms with Crippen molar-refractivity contribution >= 4 is 0 Å². The zero-order valence-corrected chi connectivity index (χ0v) is 11.6. The number of benzene rings is 1. The summed E-state index contributed by atoms with van der Waals surface area (Å²) in [6.07, 6.45) is 1.14. The van der Waals surface area contributed by atoms with Crippen molar-refractivity contribution in [2.24, 2.45) is 0 Å². The van der Waals surface area contributed by atoms with Gasteiger partial charge in [-0.1, -0.05) is 19.6 Å². The van der Waals surface area contributed by atoms with Crippen molar-refractivity contribution in [1.82, 2.24) is 5.32 Å². The minimum absolute atomic E-state index is 0.518. The van der Waals surface area contributed by atoms with Crippen LogP contribution in [0.4, 0.5) is 0 Å². The first-order chi connectivity index (χ1) is 8.67. The van der Waals surface area contributed by atoms with Crippen LogP contribution < -0.4 is 14.8 Å². The molecular formula is C15H23NO2. The fourth-order valence-electron chi connectivity index (χ4n) is 1.55. The van der Waals surface area contributed by atoms with Gasteiger partial charge in [-0.15, -0.1) is 0 Å². The Morgan fingerprint density at radius 3 is 2.72 bits per heavy atom. The average molecular weight is 249 g/mol. The van der Waals surface area contributed by atoms with E-state index in [-0.39, 0.29) is 0 Å². The van der Waals surface area contributed by atoms with E-state index in [4.69, 9.17) is 9.47 Å². The summed E-state index contributed by atoms with van der Waals surface area (Å²) in [4.78, 5) is 0. The van der Waals surface area contributed by atoms with Gasteiger partial charge in [0.1, 0.15) is 6.61 Å². The molecule has 0 aliphatic rings. The van der Waals surface area contributed by atoms with Crippen molar-refractivity contribution < 1.29 is 9.47 Å². The molecule has 0 fully saturated rings. The number of nitrogens with one attached hydrogen (secondary N) is 1.